The van der Waals surface area contributed by atoms with Crippen molar-refractivity contribution in [2.24, 2.45) is 5.92 Å². The van der Waals surface area contributed by atoms with E-state index in [4.69, 9.17) is 4.74 Å². The summed E-state index contributed by atoms with van der Waals surface area (Å²) in [6.45, 7) is 11.6. The molecule has 0 radical (unpaired) electrons. The summed E-state index contributed by atoms with van der Waals surface area (Å²) in [4.78, 5) is 2.32. The standard InChI is InChI=1S/C13H30N2O2/c1-5-12(3)10-15(6-2)11-13(16)9-14-7-8-17-4/h12-14,16H,5-11H2,1-4H3. The molecule has 0 aromatic carbocycles. The number of ether oxygens (including phenoxy) is 1. The molecule has 0 saturated carbocycles. The van der Waals surface area contributed by atoms with E-state index in [-0.39, 0.29) is 6.10 Å². The van der Waals surface area contributed by atoms with Gasteiger partial charge in [0.05, 0.1) is 12.7 Å². The van der Waals surface area contributed by atoms with Crippen molar-refractivity contribution in [3.05, 3.63) is 0 Å². The van der Waals surface area contributed by atoms with Crippen LogP contribution >= 0.6 is 0 Å². The molecule has 4 heteroatoms. The molecule has 0 aliphatic heterocycles. The number of nitrogens with zero attached hydrogens (tertiary/aromatic N) is 1. The van der Waals surface area contributed by atoms with Crippen molar-refractivity contribution in [3.63, 3.8) is 0 Å². The Kier molecular flexibility index (Phi) is 10.9. The van der Waals surface area contributed by atoms with E-state index >= 15 is 0 Å². The van der Waals surface area contributed by atoms with Crippen LogP contribution in [0.5, 0.6) is 0 Å². The normalized spacial score (nSPS) is 15.2. The third-order valence-electron chi connectivity index (χ3n) is 3.05. The fourth-order valence-electron chi connectivity index (χ4n) is 1.71. The quantitative estimate of drug-likeness (QED) is 0.533. The average molecular weight is 246 g/mol. The second-order valence-electron chi connectivity index (χ2n) is 4.72. The minimum Gasteiger partial charge on any atom is -0.390 e. The van der Waals surface area contributed by atoms with Crippen LogP contribution in [0.1, 0.15) is 27.2 Å². The molecule has 2 unspecified atom stereocenters. The molecule has 0 aromatic heterocycles. The largest absolute Gasteiger partial charge is 0.390 e. The first-order chi connectivity index (χ1) is 8.13. The summed E-state index contributed by atoms with van der Waals surface area (Å²) in [5.74, 6) is 0.698. The molecule has 0 saturated heterocycles. The first kappa shape index (κ1) is 16.8. The maximum atomic E-state index is 9.89. The Morgan fingerprint density at radius 1 is 1.29 bits per heavy atom. The smallest absolute Gasteiger partial charge is 0.0791 e. The van der Waals surface area contributed by atoms with Crippen molar-refractivity contribution in [1.82, 2.24) is 10.2 Å². The molecule has 0 aliphatic rings. The molecule has 0 aromatic rings. The van der Waals surface area contributed by atoms with Crippen molar-refractivity contribution in [2.45, 2.75) is 33.3 Å². The number of rotatable bonds is 11. The van der Waals surface area contributed by atoms with Gasteiger partial charge >= 0.3 is 0 Å². The van der Waals surface area contributed by atoms with Crippen molar-refractivity contribution in [1.29, 1.82) is 0 Å². The number of likely N-dealkylation sites (N-methyl/N-ethyl adjacent to an activating group) is 1. The van der Waals surface area contributed by atoms with E-state index in [1.165, 1.54) is 6.42 Å². The molecule has 0 heterocycles. The van der Waals surface area contributed by atoms with Crippen LogP contribution < -0.4 is 5.32 Å². The number of nitrogens with one attached hydrogen (secondary N) is 1. The molecule has 0 amide bonds. The zero-order chi connectivity index (χ0) is 13.1. The summed E-state index contributed by atoms with van der Waals surface area (Å²) in [5.41, 5.74) is 0. The molecular formula is C13H30N2O2. The van der Waals surface area contributed by atoms with Gasteiger partial charge in [-0.25, -0.2) is 0 Å². The van der Waals surface area contributed by atoms with E-state index in [1.807, 2.05) is 0 Å². The summed E-state index contributed by atoms with van der Waals surface area (Å²) in [7, 11) is 1.68. The maximum Gasteiger partial charge on any atom is 0.0791 e. The Morgan fingerprint density at radius 2 is 2.00 bits per heavy atom. The summed E-state index contributed by atoms with van der Waals surface area (Å²) >= 11 is 0. The van der Waals surface area contributed by atoms with Crippen molar-refractivity contribution in [2.75, 3.05) is 46.4 Å². The Labute approximate surface area is 106 Å². The van der Waals surface area contributed by atoms with E-state index in [9.17, 15) is 5.11 Å². The Bertz CT molecular complexity index is 167. The molecular weight excluding hydrogens is 216 g/mol. The third kappa shape index (κ3) is 9.53. The zero-order valence-corrected chi connectivity index (χ0v) is 11.9. The fraction of sp³-hybridized carbons (Fsp3) is 1.00. The van der Waals surface area contributed by atoms with Gasteiger partial charge in [-0.2, -0.15) is 0 Å². The van der Waals surface area contributed by atoms with E-state index < -0.39 is 0 Å². The molecule has 4 nitrogen and oxygen atoms in total. The highest BCUT2D eigenvalue weighted by Gasteiger charge is 2.12. The highest BCUT2D eigenvalue weighted by atomic mass is 16.5. The highest BCUT2D eigenvalue weighted by Crippen LogP contribution is 2.04. The lowest BCUT2D eigenvalue weighted by atomic mass is 10.1. The van der Waals surface area contributed by atoms with E-state index in [1.54, 1.807) is 7.11 Å². The molecule has 17 heavy (non-hydrogen) atoms. The van der Waals surface area contributed by atoms with Crippen molar-refractivity contribution < 1.29 is 9.84 Å². The molecule has 0 bridgehead atoms. The zero-order valence-electron chi connectivity index (χ0n) is 11.9. The molecule has 2 atom stereocenters. The summed E-state index contributed by atoms with van der Waals surface area (Å²) < 4.78 is 4.94. The van der Waals surface area contributed by atoms with E-state index in [0.717, 1.165) is 26.2 Å². The van der Waals surface area contributed by atoms with Gasteiger partial charge in [-0.05, 0) is 12.5 Å². The lowest BCUT2D eigenvalue weighted by Gasteiger charge is -2.26. The number of aliphatic hydroxyl groups is 1. The maximum absolute atomic E-state index is 9.89. The Hall–Kier alpha value is -0.160. The van der Waals surface area contributed by atoms with Gasteiger partial charge in [-0.1, -0.05) is 27.2 Å². The van der Waals surface area contributed by atoms with Crippen LogP contribution in [0, 0.1) is 5.92 Å². The number of aliphatic hydroxyl groups excluding tert-OH is 1. The topological polar surface area (TPSA) is 44.7 Å². The van der Waals surface area contributed by atoms with Gasteiger partial charge in [0.1, 0.15) is 0 Å². The van der Waals surface area contributed by atoms with Crippen LogP contribution in [0.2, 0.25) is 0 Å². The molecule has 2 N–H and O–H groups in total. The van der Waals surface area contributed by atoms with Gasteiger partial charge < -0.3 is 20.1 Å². The van der Waals surface area contributed by atoms with Crippen LogP contribution in [-0.4, -0.2) is 62.6 Å². The average Bonchev–Trinajstić information content (AvgIpc) is 2.33. The minimum atomic E-state index is -0.295. The SMILES string of the molecule is CCC(C)CN(CC)CC(O)CNCCOC. The predicted octanol–water partition coefficient (Wildman–Crippen LogP) is 0.951. The second kappa shape index (κ2) is 11.0. The summed E-state index contributed by atoms with van der Waals surface area (Å²) in [6, 6.07) is 0. The molecule has 0 aliphatic carbocycles. The third-order valence-corrected chi connectivity index (χ3v) is 3.05. The summed E-state index contributed by atoms with van der Waals surface area (Å²) in [6.07, 6.45) is 0.898. The van der Waals surface area contributed by atoms with Gasteiger partial charge in [-0.3, -0.25) is 0 Å². The molecule has 104 valence electrons. The first-order valence-corrected chi connectivity index (χ1v) is 6.74. The number of methoxy groups -OCH3 is 1. The molecule has 0 rings (SSSR count). The van der Waals surface area contributed by atoms with E-state index in [2.05, 4.69) is 31.0 Å². The van der Waals surface area contributed by atoms with Gasteiger partial charge in [0.25, 0.3) is 0 Å². The minimum absolute atomic E-state index is 0.295. The number of hydrogen-bond acceptors (Lipinski definition) is 4. The second-order valence-corrected chi connectivity index (χ2v) is 4.72. The van der Waals surface area contributed by atoms with Crippen LogP contribution in [0.15, 0.2) is 0 Å². The van der Waals surface area contributed by atoms with Crippen LogP contribution in [0.3, 0.4) is 0 Å². The first-order valence-electron chi connectivity index (χ1n) is 6.74. The van der Waals surface area contributed by atoms with E-state index in [0.29, 0.717) is 19.1 Å². The van der Waals surface area contributed by atoms with Crippen LogP contribution in [-0.2, 0) is 4.74 Å². The fourth-order valence-corrected chi connectivity index (χ4v) is 1.71. The number of hydrogen-bond donors (Lipinski definition) is 2. The molecule has 0 spiro atoms. The Morgan fingerprint density at radius 3 is 2.53 bits per heavy atom. The van der Waals surface area contributed by atoms with Crippen LogP contribution in [0.25, 0.3) is 0 Å². The van der Waals surface area contributed by atoms with Gasteiger partial charge in [0.2, 0.25) is 0 Å². The predicted molar refractivity (Wildman–Crippen MR) is 72.3 cm³/mol. The monoisotopic (exact) mass is 246 g/mol. The highest BCUT2D eigenvalue weighted by molar-refractivity contribution is 4.68. The van der Waals surface area contributed by atoms with Crippen molar-refractivity contribution >= 4 is 0 Å². The van der Waals surface area contributed by atoms with Gasteiger partial charge in [0, 0.05) is 33.3 Å². The van der Waals surface area contributed by atoms with Gasteiger partial charge in [-0.15, -0.1) is 0 Å². The lowest BCUT2D eigenvalue weighted by molar-refractivity contribution is 0.103. The molecule has 0 fully saturated rings. The van der Waals surface area contributed by atoms with Gasteiger partial charge in [0.15, 0.2) is 0 Å². The lowest BCUT2D eigenvalue weighted by Crippen LogP contribution is -2.40. The Balaban J connectivity index is 3.69. The summed E-state index contributed by atoms with van der Waals surface area (Å²) in [5, 5.41) is 13.1. The van der Waals surface area contributed by atoms with Crippen molar-refractivity contribution in [3.8, 4) is 0 Å². The van der Waals surface area contributed by atoms with Crippen LogP contribution in [0.4, 0.5) is 0 Å².